The Kier molecular flexibility index (Phi) is 14.0. The van der Waals surface area contributed by atoms with Crippen LogP contribution in [0.1, 0.15) is 42.0 Å². The van der Waals surface area contributed by atoms with Crippen LogP contribution >= 0.6 is 17.0 Å². The summed E-state index contributed by atoms with van der Waals surface area (Å²) in [5.41, 5.74) is 10.8. The van der Waals surface area contributed by atoms with Crippen molar-refractivity contribution in [1.82, 2.24) is 0 Å². The van der Waals surface area contributed by atoms with Crippen LogP contribution in [0.25, 0.3) is 43.8 Å². The molecule has 0 atom stereocenters. The van der Waals surface area contributed by atoms with Crippen molar-refractivity contribution in [1.29, 1.82) is 0 Å². The van der Waals surface area contributed by atoms with Crippen molar-refractivity contribution in [3.63, 3.8) is 0 Å². The Morgan fingerprint density at radius 3 is 1.81 bits per heavy atom. The molecule has 6 rings (SSSR count). The van der Waals surface area contributed by atoms with Gasteiger partial charge in [-0.25, -0.2) is 0 Å². The first-order chi connectivity index (χ1) is 20.2. The van der Waals surface area contributed by atoms with E-state index >= 15 is 0 Å². The molecule has 0 saturated carbocycles. The maximum absolute atomic E-state index is 4.93. The third kappa shape index (κ3) is 8.90. The number of rotatable bonds is 3. The van der Waals surface area contributed by atoms with E-state index in [1.807, 2.05) is 0 Å². The van der Waals surface area contributed by atoms with Crippen molar-refractivity contribution in [3.05, 3.63) is 131 Å². The van der Waals surface area contributed by atoms with Crippen LogP contribution in [-0.2, 0) is 20.8 Å². The molecule has 2 radical (unpaired) electrons. The fourth-order valence-corrected chi connectivity index (χ4v) is 5.32. The summed E-state index contributed by atoms with van der Waals surface area (Å²) in [7, 11) is 11.0. The SMILES string of the molecule is CC(C)c1cc2c(-c3ccccc3)cccc2[cH-]1.C[Si]C.Cc1cc2c(-c3ccccc3)c(C)cc(C)c2[cH-]1.[Cl][Zr+2][Cl]. The van der Waals surface area contributed by atoms with Gasteiger partial charge in [0.2, 0.25) is 0 Å². The molecule has 0 fully saturated rings. The van der Waals surface area contributed by atoms with Crippen LogP contribution in [-0.4, -0.2) is 9.52 Å². The van der Waals surface area contributed by atoms with Gasteiger partial charge in [-0.2, -0.15) is 12.1 Å². The Balaban J connectivity index is 0.000000195. The van der Waals surface area contributed by atoms with E-state index in [0.29, 0.717) is 5.92 Å². The van der Waals surface area contributed by atoms with Gasteiger partial charge in [-0.3, -0.25) is 0 Å². The summed E-state index contributed by atoms with van der Waals surface area (Å²) < 4.78 is 0. The number of benzene rings is 4. The molecule has 0 aromatic heterocycles. The molecule has 0 aliphatic carbocycles. The van der Waals surface area contributed by atoms with Gasteiger partial charge in [0, 0.05) is 9.52 Å². The van der Waals surface area contributed by atoms with Crippen LogP contribution in [0.3, 0.4) is 0 Å². The van der Waals surface area contributed by atoms with Crippen LogP contribution in [0.4, 0.5) is 0 Å². The molecular weight excluding hydrogens is 647 g/mol. The summed E-state index contributed by atoms with van der Waals surface area (Å²) in [4.78, 5) is 0. The van der Waals surface area contributed by atoms with Gasteiger partial charge in [0.25, 0.3) is 0 Å². The van der Waals surface area contributed by atoms with Crippen molar-refractivity contribution in [2.24, 2.45) is 0 Å². The molecule has 6 aromatic carbocycles. The molecule has 0 bridgehead atoms. The molecule has 0 aliphatic rings. The second-order valence-corrected chi connectivity index (χ2v) is 15.5. The van der Waals surface area contributed by atoms with E-state index in [1.54, 1.807) is 0 Å². The normalized spacial score (nSPS) is 10.2. The first-order valence-electron chi connectivity index (χ1n) is 14.3. The van der Waals surface area contributed by atoms with E-state index in [-0.39, 0.29) is 0 Å². The summed E-state index contributed by atoms with van der Waals surface area (Å²) in [6.45, 7) is 15.4. The van der Waals surface area contributed by atoms with Crippen LogP contribution in [0.5, 0.6) is 0 Å². The summed E-state index contributed by atoms with van der Waals surface area (Å²) in [6.07, 6.45) is 0. The molecule has 4 heteroatoms. The van der Waals surface area contributed by atoms with Crippen LogP contribution in [0, 0.1) is 20.8 Å². The second kappa shape index (κ2) is 17.2. The zero-order chi connectivity index (χ0) is 30.6. The molecule has 0 aliphatic heterocycles. The van der Waals surface area contributed by atoms with Gasteiger partial charge >= 0.3 is 37.9 Å². The molecule has 214 valence electrons. The molecule has 0 heterocycles. The summed E-state index contributed by atoms with van der Waals surface area (Å²) in [6, 6.07) is 39.4. The van der Waals surface area contributed by atoms with E-state index in [1.165, 1.54) is 66.1 Å². The fourth-order valence-electron chi connectivity index (χ4n) is 5.32. The van der Waals surface area contributed by atoms with Gasteiger partial charge in [-0.05, 0) is 24.0 Å². The van der Waals surface area contributed by atoms with Gasteiger partial charge in [0.15, 0.2) is 0 Å². The van der Waals surface area contributed by atoms with Crippen molar-refractivity contribution in [2.75, 3.05) is 0 Å². The molecule has 42 heavy (non-hydrogen) atoms. The first-order valence-corrected chi connectivity index (χ1v) is 22.6. The maximum atomic E-state index is 4.93. The average molecular weight is 687 g/mol. The fraction of sp³-hybridized carbons (Fsp3) is 0.211. The predicted molar refractivity (Wildman–Crippen MR) is 187 cm³/mol. The van der Waals surface area contributed by atoms with E-state index in [0.717, 1.165) is 9.52 Å². The zero-order valence-electron chi connectivity index (χ0n) is 25.7. The van der Waals surface area contributed by atoms with Crippen molar-refractivity contribution < 1.29 is 20.8 Å². The van der Waals surface area contributed by atoms with E-state index < -0.39 is 20.8 Å². The first kappa shape index (κ1) is 34.3. The summed E-state index contributed by atoms with van der Waals surface area (Å²) in [5, 5.41) is 5.49. The molecule has 0 unspecified atom stereocenters. The molecular formula is C38H40Cl2SiZr. The Bertz CT molecular complexity index is 1660. The van der Waals surface area contributed by atoms with Crippen LogP contribution in [0.15, 0.2) is 109 Å². The van der Waals surface area contributed by atoms with Crippen LogP contribution in [0.2, 0.25) is 13.1 Å². The number of aryl methyl sites for hydroxylation is 3. The molecule has 0 amide bonds. The van der Waals surface area contributed by atoms with Gasteiger partial charge in [0.05, 0.1) is 0 Å². The Morgan fingerprint density at radius 1 is 0.667 bits per heavy atom. The zero-order valence-corrected chi connectivity index (χ0v) is 30.7. The van der Waals surface area contributed by atoms with Gasteiger partial charge in [-0.1, -0.05) is 130 Å². The Hall–Kier alpha value is -2.22. The summed E-state index contributed by atoms with van der Waals surface area (Å²) in [5.74, 6) is 0.584. The van der Waals surface area contributed by atoms with E-state index in [2.05, 4.69) is 157 Å². The van der Waals surface area contributed by atoms with Crippen molar-refractivity contribution >= 4 is 48.1 Å². The Morgan fingerprint density at radius 2 is 1.24 bits per heavy atom. The standard InChI is InChI=1S/2C18H17.C2H6Si.2ClH.Zr/c1-12-9-16-13(2)11-14(3)18(17(16)10-12)15-7-5-4-6-8-15;1-13(2)16-11-15-9-6-10-17(18(15)12-16)14-7-4-3-5-8-14;1-3-2;;;/h4-11H,1-3H3;3-13H,1-2H3;1-2H3;2*1H;/q2*-1;;;;+4/p-2. The Labute approximate surface area is 274 Å². The van der Waals surface area contributed by atoms with Crippen molar-refractivity contribution in [3.8, 4) is 22.3 Å². The number of hydrogen-bond acceptors (Lipinski definition) is 0. The van der Waals surface area contributed by atoms with Gasteiger partial charge in [-0.15, -0.1) is 62.5 Å². The average Bonchev–Trinajstić information content (AvgIpc) is 3.59. The third-order valence-electron chi connectivity index (χ3n) is 7.14. The van der Waals surface area contributed by atoms with Crippen molar-refractivity contribution in [2.45, 2.75) is 53.6 Å². The van der Waals surface area contributed by atoms with Crippen LogP contribution < -0.4 is 0 Å². The number of hydrogen-bond donors (Lipinski definition) is 0. The predicted octanol–water partition coefficient (Wildman–Crippen LogP) is 12.7. The quantitative estimate of drug-likeness (QED) is 0.128. The molecule has 0 spiro atoms. The third-order valence-corrected chi connectivity index (χ3v) is 7.14. The van der Waals surface area contributed by atoms with E-state index in [4.69, 9.17) is 17.0 Å². The van der Waals surface area contributed by atoms with Gasteiger partial charge in [0.1, 0.15) is 0 Å². The number of halogens is 2. The minimum absolute atomic E-state index is 0.584. The van der Waals surface area contributed by atoms with E-state index in [9.17, 15) is 0 Å². The number of fused-ring (bicyclic) bond motifs is 2. The van der Waals surface area contributed by atoms with Gasteiger partial charge < -0.3 is 0 Å². The summed E-state index contributed by atoms with van der Waals surface area (Å²) >= 11 is -0.826. The topological polar surface area (TPSA) is 0 Å². The monoisotopic (exact) mass is 684 g/mol. The molecule has 6 aromatic rings. The molecule has 0 saturated heterocycles. The minimum atomic E-state index is -0.826. The molecule has 0 N–H and O–H groups in total. The molecule has 0 nitrogen and oxygen atoms in total. The second-order valence-electron chi connectivity index (χ2n) is 10.8.